The lowest BCUT2D eigenvalue weighted by molar-refractivity contribution is 0.0946. The van der Waals surface area contributed by atoms with E-state index in [9.17, 15) is 9.59 Å². The molecule has 2 fully saturated rings. The van der Waals surface area contributed by atoms with Gasteiger partial charge in [0, 0.05) is 30.5 Å². The first-order valence-electron chi connectivity index (χ1n) is 10.0. The van der Waals surface area contributed by atoms with Crippen LogP contribution in [0.3, 0.4) is 0 Å². The van der Waals surface area contributed by atoms with Crippen LogP contribution in [-0.2, 0) is 0 Å². The van der Waals surface area contributed by atoms with Gasteiger partial charge in [-0.2, -0.15) is 0 Å². The van der Waals surface area contributed by atoms with E-state index in [4.69, 9.17) is 0 Å². The van der Waals surface area contributed by atoms with Crippen LogP contribution < -0.4 is 15.5 Å². The van der Waals surface area contributed by atoms with E-state index < -0.39 is 0 Å². The fourth-order valence-corrected chi connectivity index (χ4v) is 3.39. The molecule has 2 N–H and O–H groups in total. The van der Waals surface area contributed by atoms with Crippen molar-refractivity contribution >= 4 is 23.2 Å². The molecule has 2 aromatic rings. The average Bonchev–Trinajstić information content (AvgIpc) is 3.53. The molecule has 1 aromatic heterocycles. The van der Waals surface area contributed by atoms with Crippen molar-refractivity contribution in [3.63, 3.8) is 0 Å². The summed E-state index contributed by atoms with van der Waals surface area (Å²) in [7, 11) is 0. The van der Waals surface area contributed by atoms with Crippen molar-refractivity contribution < 1.29 is 9.59 Å². The molecule has 2 amide bonds. The molecule has 0 unspecified atom stereocenters. The number of amides is 2. The first-order valence-corrected chi connectivity index (χ1v) is 10.0. The van der Waals surface area contributed by atoms with Crippen molar-refractivity contribution in [2.75, 3.05) is 23.3 Å². The molecule has 146 valence electrons. The summed E-state index contributed by atoms with van der Waals surface area (Å²) in [5, 5.41) is 5.75. The van der Waals surface area contributed by atoms with Crippen LogP contribution in [0.2, 0.25) is 0 Å². The number of rotatable bonds is 5. The number of carbonyl (C=O) groups is 2. The Morgan fingerprint density at radius 1 is 0.929 bits per heavy atom. The van der Waals surface area contributed by atoms with Crippen LogP contribution in [-0.4, -0.2) is 35.9 Å². The van der Waals surface area contributed by atoms with Crippen molar-refractivity contribution in [2.24, 2.45) is 5.92 Å². The number of hydrogen-bond donors (Lipinski definition) is 2. The maximum absolute atomic E-state index is 12.5. The lowest BCUT2D eigenvalue weighted by Gasteiger charge is -2.32. The summed E-state index contributed by atoms with van der Waals surface area (Å²) in [6.07, 6.45) is 4.46. The normalized spacial score (nSPS) is 17.2. The second-order valence-electron chi connectivity index (χ2n) is 7.83. The SMILES string of the molecule is CC1CCN(c2ccc(NC(=O)c3cccc(C(=O)NC4CC4)n3)cc2)CC1. The predicted molar refractivity (Wildman–Crippen MR) is 110 cm³/mol. The minimum absolute atomic E-state index is 0.225. The summed E-state index contributed by atoms with van der Waals surface area (Å²) in [6.45, 7) is 4.45. The molecule has 1 aromatic carbocycles. The Labute approximate surface area is 165 Å². The third kappa shape index (κ3) is 4.50. The van der Waals surface area contributed by atoms with Gasteiger partial charge in [-0.15, -0.1) is 0 Å². The van der Waals surface area contributed by atoms with E-state index in [1.807, 2.05) is 24.3 Å². The van der Waals surface area contributed by atoms with Gasteiger partial charge in [0.2, 0.25) is 0 Å². The number of anilines is 2. The second kappa shape index (κ2) is 8.00. The van der Waals surface area contributed by atoms with Gasteiger partial charge in [-0.25, -0.2) is 4.98 Å². The Morgan fingerprint density at radius 2 is 1.57 bits per heavy atom. The van der Waals surface area contributed by atoms with E-state index in [2.05, 4.69) is 27.4 Å². The van der Waals surface area contributed by atoms with Crippen LogP contribution in [0.1, 0.15) is 53.6 Å². The van der Waals surface area contributed by atoms with E-state index in [0.29, 0.717) is 5.69 Å². The second-order valence-corrected chi connectivity index (χ2v) is 7.83. The molecule has 1 saturated heterocycles. The standard InChI is InChI=1S/C22H26N4O2/c1-15-11-13-26(14-12-15)18-9-7-17(8-10-18)24-22(28)20-4-2-3-19(25-20)21(27)23-16-5-6-16/h2-4,7-10,15-16H,5-6,11-14H2,1H3,(H,23,27)(H,24,28). The third-order valence-electron chi connectivity index (χ3n) is 5.40. The molecule has 2 aliphatic rings. The highest BCUT2D eigenvalue weighted by molar-refractivity contribution is 6.04. The summed E-state index contributed by atoms with van der Waals surface area (Å²) in [6, 6.07) is 13.1. The molecule has 6 nitrogen and oxygen atoms in total. The highest BCUT2D eigenvalue weighted by Crippen LogP contribution is 2.24. The number of hydrogen-bond acceptors (Lipinski definition) is 4. The van der Waals surface area contributed by atoms with Crippen LogP contribution in [0.15, 0.2) is 42.5 Å². The lowest BCUT2D eigenvalue weighted by atomic mass is 9.99. The van der Waals surface area contributed by atoms with Crippen molar-refractivity contribution in [1.29, 1.82) is 0 Å². The minimum atomic E-state index is -0.319. The zero-order chi connectivity index (χ0) is 19.5. The highest BCUT2D eigenvalue weighted by atomic mass is 16.2. The number of nitrogens with zero attached hydrogens (tertiary/aromatic N) is 2. The van der Waals surface area contributed by atoms with E-state index in [1.54, 1.807) is 18.2 Å². The Balaban J connectivity index is 1.38. The van der Waals surface area contributed by atoms with Gasteiger partial charge >= 0.3 is 0 Å². The van der Waals surface area contributed by atoms with E-state index >= 15 is 0 Å². The smallest absolute Gasteiger partial charge is 0.274 e. The van der Waals surface area contributed by atoms with Crippen LogP contribution >= 0.6 is 0 Å². The van der Waals surface area contributed by atoms with Gasteiger partial charge in [-0.05, 0) is 68.0 Å². The summed E-state index contributed by atoms with van der Waals surface area (Å²) < 4.78 is 0. The Bertz CT molecular complexity index is 853. The molecule has 0 bridgehead atoms. The molecule has 4 rings (SSSR count). The van der Waals surface area contributed by atoms with E-state index in [1.165, 1.54) is 18.5 Å². The molecule has 28 heavy (non-hydrogen) atoms. The van der Waals surface area contributed by atoms with E-state index in [-0.39, 0.29) is 29.2 Å². The molecule has 1 aliphatic carbocycles. The Morgan fingerprint density at radius 3 is 2.21 bits per heavy atom. The molecule has 6 heteroatoms. The van der Waals surface area contributed by atoms with Crippen LogP contribution in [0, 0.1) is 5.92 Å². The fourth-order valence-electron chi connectivity index (χ4n) is 3.39. The van der Waals surface area contributed by atoms with Gasteiger partial charge in [0.15, 0.2) is 0 Å². The number of nitrogens with one attached hydrogen (secondary N) is 2. The minimum Gasteiger partial charge on any atom is -0.372 e. The summed E-state index contributed by atoms with van der Waals surface area (Å²) >= 11 is 0. The molecule has 1 aliphatic heterocycles. The van der Waals surface area contributed by atoms with Crippen LogP contribution in [0.5, 0.6) is 0 Å². The first kappa shape index (κ1) is 18.5. The molecule has 0 atom stereocenters. The van der Waals surface area contributed by atoms with E-state index in [0.717, 1.165) is 31.8 Å². The number of benzene rings is 1. The monoisotopic (exact) mass is 378 g/mol. The third-order valence-corrected chi connectivity index (χ3v) is 5.40. The topological polar surface area (TPSA) is 74.3 Å². The number of piperidine rings is 1. The lowest BCUT2D eigenvalue weighted by Crippen LogP contribution is -2.32. The fraction of sp³-hybridized carbons (Fsp3) is 0.409. The van der Waals surface area contributed by atoms with Crippen LogP contribution in [0.4, 0.5) is 11.4 Å². The Hall–Kier alpha value is -2.89. The molecule has 1 saturated carbocycles. The summed E-state index contributed by atoms with van der Waals surface area (Å²) in [4.78, 5) is 31.3. The zero-order valence-corrected chi connectivity index (χ0v) is 16.1. The summed E-state index contributed by atoms with van der Waals surface area (Å²) in [5.41, 5.74) is 2.40. The molecular formula is C22H26N4O2. The van der Waals surface area contributed by atoms with Crippen molar-refractivity contribution in [3.8, 4) is 0 Å². The maximum Gasteiger partial charge on any atom is 0.274 e. The predicted octanol–water partition coefficient (Wildman–Crippen LogP) is 3.46. The van der Waals surface area contributed by atoms with Crippen molar-refractivity contribution in [2.45, 2.75) is 38.6 Å². The van der Waals surface area contributed by atoms with Crippen LogP contribution in [0.25, 0.3) is 0 Å². The van der Waals surface area contributed by atoms with Crippen molar-refractivity contribution in [1.82, 2.24) is 10.3 Å². The molecular weight excluding hydrogens is 352 g/mol. The van der Waals surface area contributed by atoms with Gasteiger partial charge in [-0.3, -0.25) is 9.59 Å². The van der Waals surface area contributed by atoms with Gasteiger partial charge in [0.1, 0.15) is 11.4 Å². The quantitative estimate of drug-likeness (QED) is 0.836. The maximum atomic E-state index is 12.5. The number of pyridine rings is 1. The largest absolute Gasteiger partial charge is 0.372 e. The highest BCUT2D eigenvalue weighted by Gasteiger charge is 2.24. The van der Waals surface area contributed by atoms with Gasteiger partial charge in [0.25, 0.3) is 11.8 Å². The summed E-state index contributed by atoms with van der Waals surface area (Å²) in [5.74, 6) is 0.252. The first-order chi connectivity index (χ1) is 13.6. The van der Waals surface area contributed by atoms with Gasteiger partial charge in [-0.1, -0.05) is 13.0 Å². The molecule has 0 radical (unpaired) electrons. The van der Waals surface area contributed by atoms with Gasteiger partial charge in [0.05, 0.1) is 0 Å². The Kier molecular flexibility index (Phi) is 5.28. The molecule has 0 spiro atoms. The van der Waals surface area contributed by atoms with Gasteiger partial charge < -0.3 is 15.5 Å². The number of aromatic nitrogens is 1. The average molecular weight is 378 g/mol. The molecule has 2 heterocycles. The van der Waals surface area contributed by atoms with Crippen molar-refractivity contribution in [3.05, 3.63) is 53.9 Å². The number of carbonyl (C=O) groups excluding carboxylic acids is 2. The zero-order valence-electron chi connectivity index (χ0n) is 16.1.